The summed E-state index contributed by atoms with van der Waals surface area (Å²) in [6, 6.07) is 0. The van der Waals surface area contributed by atoms with E-state index >= 15 is 0 Å². The summed E-state index contributed by atoms with van der Waals surface area (Å²) in [6.07, 6.45) is 72.0. The highest BCUT2D eigenvalue weighted by Crippen LogP contribution is 2.45. The number of allylic oxidation sites excluding steroid dienone is 22. The summed E-state index contributed by atoms with van der Waals surface area (Å²) in [7, 11) is -9.97. The summed E-state index contributed by atoms with van der Waals surface area (Å²) in [4.78, 5) is 72.5. The van der Waals surface area contributed by atoms with Gasteiger partial charge in [0.1, 0.15) is 19.3 Å². The molecule has 0 aromatic heterocycles. The lowest BCUT2D eigenvalue weighted by atomic mass is 10.1. The predicted octanol–water partition coefficient (Wildman–Crippen LogP) is 19.8. The van der Waals surface area contributed by atoms with Gasteiger partial charge in [-0.1, -0.05) is 226 Å². The second kappa shape index (κ2) is 66.8. The van der Waals surface area contributed by atoms with Gasteiger partial charge in [0.15, 0.2) is 12.2 Å². The van der Waals surface area contributed by atoms with Crippen molar-refractivity contribution < 1.29 is 80.2 Å². The number of rotatable bonds is 65. The molecule has 0 aromatic carbocycles. The normalized spacial score (nSPS) is 14.8. The van der Waals surface area contributed by atoms with Gasteiger partial charge in [-0.2, -0.15) is 0 Å². The first-order valence-corrected chi connectivity index (χ1v) is 38.4. The fraction of sp³-hybridized carbons (Fsp3) is 0.653. The maximum absolute atomic E-state index is 13.0. The number of hydrogen-bond donors (Lipinski definition) is 3. The molecule has 0 spiro atoms. The van der Waals surface area contributed by atoms with Crippen molar-refractivity contribution in [3.63, 3.8) is 0 Å². The summed E-state index contributed by atoms with van der Waals surface area (Å²) in [6.45, 7) is 4.39. The first-order valence-electron chi connectivity index (χ1n) is 35.4. The van der Waals surface area contributed by atoms with Crippen LogP contribution in [0.3, 0.4) is 0 Å². The molecule has 0 amide bonds. The number of ether oxygens (including phenoxy) is 4. The highest BCUT2D eigenvalue weighted by molar-refractivity contribution is 7.47. The van der Waals surface area contributed by atoms with Crippen LogP contribution in [0.4, 0.5) is 0 Å². The molecular formula is C75H124O17P2. The van der Waals surface area contributed by atoms with Crippen LogP contribution in [-0.2, 0) is 65.4 Å². The molecule has 19 heteroatoms. The Morgan fingerprint density at radius 3 is 0.926 bits per heavy atom. The number of phosphoric ester groups is 2. The average Bonchev–Trinajstić information content (AvgIpc) is 1.32. The van der Waals surface area contributed by atoms with E-state index in [9.17, 15) is 43.2 Å². The van der Waals surface area contributed by atoms with Crippen molar-refractivity contribution in [3.8, 4) is 0 Å². The van der Waals surface area contributed by atoms with Gasteiger partial charge in [0, 0.05) is 25.7 Å². The lowest BCUT2D eigenvalue weighted by molar-refractivity contribution is -0.161. The zero-order chi connectivity index (χ0) is 69.0. The number of unbranched alkanes of at least 4 members (excludes halogenated alkanes) is 17. The number of hydrogen-bond acceptors (Lipinski definition) is 15. The van der Waals surface area contributed by atoms with Gasteiger partial charge in [0.2, 0.25) is 0 Å². The molecule has 5 atom stereocenters. The van der Waals surface area contributed by atoms with Crippen LogP contribution >= 0.6 is 15.6 Å². The number of carbonyl (C=O) groups is 4. The van der Waals surface area contributed by atoms with E-state index < -0.39 is 97.5 Å². The SMILES string of the molecule is CC/C=C\C/C=C\C/C=C\C/C=C\C/C=C\CCCC(=O)OCC(COP(=O)(O)OCC(O)COP(=O)(O)OCC(COC(=O)CCCC/C=C\C/C=C\C/C=C\C/C=C\CC)OC(=O)CCCCCCC/C=C\CCCC)OC(=O)CCCCCCC/C=C\CCCC. The van der Waals surface area contributed by atoms with Crippen LogP contribution in [0, 0.1) is 0 Å². The van der Waals surface area contributed by atoms with Crippen molar-refractivity contribution in [3.05, 3.63) is 134 Å². The van der Waals surface area contributed by atoms with E-state index in [1.807, 2.05) is 12.2 Å². The van der Waals surface area contributed by atoms with Crippen LogP contribution in [0.25, 0.3) is 0 Å². The third-order valence-electron chi connectivity index (χ3n) is 14.1. The third-order valence-corrected chi connectivity index (χ3v) is 16.0. The zero-order valence-electron chi connectivity index (χ0n) is 58.1. The van der Waals surface area contributed by atoms with E-state index in [2.05, 4.69) is 149 Å². The van der Waals surface area contributed by atoms with Gasteiger partial charge in [-0.25, -0.2) is 9.13 Å². The highest BCUT2D eigenvalue weighted by Gasteiger charge is 2.30. The van der Waals surface area contributed by atoms with Gasteiger partial charge in [-0.3, -0.25) is 37.3 Å². The van der Waals surface area contributed by atoms with E-state index in [0.717, 1.165) is 148 Å². The Labute approximate surface area is 567 Å². The fourth-order valence-corrected chi connectivity index (χ4v) is 10.3. The van der Waals surface area contributed by atoms with Crippen molar-refractivity contribution in [2.45, 2.75) is 277 Å². The predicted molar refractivity (Wildman–Crippen MR) is 381 cm³/mol. The van der Waals surface area contributed by atoms with Gasteiger partial charge in [0.05, 0.1) is 26.4 Å². The van der Waals surface area contributed by atoms with Crippen molar-refractivity contribution in [2.75, 3.05) is 39.6 Å². The zero-order valence-corrected chi connectivity index (χ0v) is 59.9. The summed E-state index contributed by atoms with van der Waals surface area (Å²) >= 11 is 0. The third kappa shape index (κ3) is 65.8. The molecule has 0 heterocycles. The van der Waals surface area contributed by atoms with Gasteiger partial charge >= 0.3 is 39.5 Å². The molecule has 17 nitrogen and oxygen atoms in total. The smallest absolute Gasteiger partial charge is 0.462 e. The van der Waals surface area contributed by atoms with Crippen molar-refractivity contribution in [1.29, 1.82) is 0 Å². The molecule has 3 N–H and O–H groups in total. The Hall–Kier alpha value is -4.80. The Balaban J connectivity index is 5.40. The highest BCUT2D eigenvalue weighted by atomic mass is 31.2. The summed E-state index contributed by atoms with van der Waals surface area (Å²) in [5.74, 6) is -2.32. The molecule has 0 aliphatic carbocycles. The maximum Gasteiger partial charge on any atom is 0.472 e. The summed E-state index contributed by atoms with van der Waals surface area (Å²) < 4.78 is 68.1. The first kappa shape index (κ1) is 89.2. The minimum Gasteiger partial charge on any atom is -0.462 e. The average molecular weight is 1360 g/mol. The van der Waals surface area contributed by atoms with Crippen LogP contribution in [0.15, 0.2) is 134 Å². The molecule has 94 heavy (non-hydrogen) atoms. The molecule has 0 saturated heterocycles. The van der Waals surface area contributed by atoms with Crippen LogP contribution in [0.5, 0.6) is 0 Å². The van der Waals surface area contributed by atoms with Crippen molar-refractivity contribution in [2.24, 2.45) is 0 Å². The molecule has 0 fully saturated rings. The van der Waals surface area contributed by atoms with E-state index in [0.29, 0.717) is 32.1 Å². The molecule has 0 radical (unpaired) electrons. The van der Waals surface area contributed by atoms with Gasteiger partial charge in [0.25, 0.3) is 0 Å². The topological polar surface area (TPSA) is 237 Å². The van der Waals surface area contributed by atoms with Crippen molar-refractivity contribution >= 4 is 39.5 Å². The number of aliphatic hydroxyl groups excluding tert-OH is 1. The van der Waals surface area contributed by atoms with Crippen molar-refractivity contribution in [1.82, 2.24) is 0 Å². The van der Waals surface area contributed by atoms with E-state index in [1.165, 1.54) is 25.7 Å². The van der Waals surface area contributed by atoms with Crippen LogP contribution in [0.2, 0.25) is 0 Å². The second-order valence-corrected chi connectivity index (χ2v) is 26.0. The molecule has 0 rings (SSSR count). The number of phosphoric acid groups is 2. The van der Waals surface area contributed by atoms with E-state index in [4.69, 9.17) is 37.0 Å². The first-order chi connectivity index (χ1) is 45.7. The standard InChI is InChI=1S/C75H124O17P2/c1-5-9-13-17-21-25-29-31-33-34-36-38-42-44-48-52-56-60-73(78)86-66-71(92-75(80)62-58-54-50-46-40-28-24-20-16-12-8-4)68-90-94(83,84)88-64-69(76)63-87-93(81,82)89-67-70(91-74(79)61-57-53-49-45-39-27-23-19-15-11-7-3)65-85-72(77)59-55-51-47-43-41-37-35-32-30-26-22-18-14-10-6-2/h9-10,13-14,19-26,31-33,35-36,38,41,43-44,48,69-71,76H,5-8,11-12,15-18,27-30,34,37,39-40,42,45-47,49-68H2,1-4H3,(H,81,82)(H,83,84)/b13-9-,14-10-,23-19-,24-20-,25-21-,26-22-,33-31-,35-32-,38-36-,43-41-,48-44-. The van der Waals surface area contributed by atoms with Crippen LogP contribution in [-0.4, -0.2) is 96.7 Å². The molecule has 0 aliphatic rings. The number of carbonyl (C=O) groups excluding carboxylic acids is 4. The molecule has 0 aliphatic heterocycles. The molecular weight excluding hydrogens is 1230 g/mol. The maximum atomic E-state index is 13.0. The summed E-state index contributed by atoms with van der Waals surface area (Å²) in [5.41, 5.74) is 0. The van der Waals surface area contributed by atoms with E-state index in [1.54, 1.807) is 0 Å². The lowest BCUT2D eigenvalue weighted by Crippen LogP contribution is -2.30. The number of esters is 4. The van der Waals surface area contributed by atoms with Crippen LogP contribution < -0.4 is 0 Å². The van der Waals surface area contributed by atoms with Gasteiger partial charge in [-0.05, 0) is 141 Å². The fourth-order valence-electron chi connectivity index (χ4n) is 8.68. The second-order valence-electron chi connectivity index (χ2n) is 23.1. The summed E-state index contributed by atoms with van der Waals surface area (Å²) in [5, 5.41) is 10.6. The Bertz CT molecular complexity index is 2310. The minimum absolute atomic E-state index is 0.0679. The molecule has 0 bridgehead atoms. The van der Waals surface area contributed by atoms with Gasteiger partial charge < -0.3 is 33.8 Å². The quantitative estimate of drug-likeness (QED) is 0.0169. The minimum atomic E-state index is -4.99. The molecule has 0 aromatic rings. The monoisotopic (exact) mass is 1360 g/mol. The van der Waals surface area contributed by atoms with Crippen LogP contribution in [0.1, 0.15) is 259 Å². The van der Waals surface area contributed by atoms with E-state index in [-0.39, 0.29) is 25.7 Å². The van der Waals surface area contributed by atoms with Gasteiger partial charge in [-0.15, -0.1) is 0 Å². The Kier molecular flexibility index (Phi) is 63.4. The molecule has 0 saturated carbocycles. The molecule has 5 unspecified atom stereocenters. The Morgan fingerprint density at radius 1 is 0.309 bits per heavy atom. The number of aliphatic hydroxyl groups is 1. The lowest BCUT2D eigenvalue weighted by Gasteiger charge is -2.21. The Morgan fingerprint density at radius 2 is 0.564 bits per heavy atom. The molecule has 536 valence electrons. The largest absolute Gasteiger partial charge is 0.472 e.